The molecule has 1 heterocycles. The van der Waals surface area contributed by atoms with Crippen LogP contribution in [0, 0.1) is 11.8 Å². The first-order valence-electron chi connectivity index (χ1n) is 9.12. The third-order valence-corrected chi connectivity index (χ3v) is 5.88. The van der Waals surface area contributed by atoms with Crippen LogP contribution in [0.1, 0.15) is 72.6 Å². The van der Waals surface area contributed by atoms with Crippen LogP contribution in [0.15, 0.2) is 0 Å². The molecule has 0 aromatic rings. The molecular weight excluding hydrogens is 244 g/mol. The molecule has 0 aromatic heterocycles. The summed E-state index contributed by atoms with van der Waals surface area (Å²) in [5.41, 5.74) is 0.436. The Kier molecular flexibility index (Phi) is 5.92. The van der Waals surface area contributed by atoms with Crippen LogP contribution in [0.3, 0.4) is 0 Å². The highest BCUT2D eigenvalue weighted by Crippen LogP contribution is 2.44. The third-order valence-electron chi connectivity index (χ3n) is 5.88. The first kappa shape index (κ1) is 16.3. The Morgan fingerprint density at radius 1 is 1.25 bits per heavy atom. The minimum Gasteiger partial charge on any atom is -0.311 e. The SMILES string of the molecule is CCCCC(CC)CN1CC(CC)NCC1(C)C1CC1. The lowest BCUT2D eigenvalue weighted by molar-refractivity contribution is 0.0192. The first-order chi connectivity index (χ1) is 9.63. The van der Waals surface area contributed by atoms with Crippen molar-refractivity contribution in [1.82, 2.24) is 10.2 Å². The van der Waals surface area contributed by atoms with Gasteiger partial charge in [0.15, 0.2) is 0 Å². The Morgan fingerprint density at radius 3 is 2.55 bits per heavy atom. The molecule has 2 heteroatoms. The number of hydrogen-bond donors (Lipinski definition) is 1. The van der Waals surface area contributed by atoms with E-state index in [0.29, 0.717) is 11.6 Å². The van der Waals surface area contributed by atoms with Crippen molar-refractivity contribution in [3.8, 4) is 0 Å². The van der Waals surface area contributed by atoms with Gasteiger partial charge in [-0.3, -0.25) is 4.90 Å². The molecule has 1 aliphatic heterocycles. The summed E-state index contributed by atoms with van der Waals surface area (Å²) in [7, 11) is 0. The number of rotatable bonds is 8. The van der Waals surface area contributed by atoms with Crippen LogP contribution in [0.4, 0.5) is 0 Å². The Hall–Kier alpha value is -0.0800. The summed E-state index contributed by atoms with van der Waals surface area (Å²) < 4.78 is 0. The van der Waals surface area contributed by atoms with Crippen molar-refractivity contribution in [2.24, 2.45) is 11.8 Å². The van der Waals surface area contributed by atoms with E-state index in [-0.39, 0.29) is 0 Å². The Bertz CT molecular complexity index is 287. The summed E-state index contributed by atoms with van der Waals surface area (Å²) in [6.07, 6.45) is 9.70. The molecule has 20 heavy (non-hydrogen) atoms. The van der Waals surface area contributed by atoms with Crippen LogP contribution in [0.5, 0.6) is 0 Å². The fourth-order valence-electron chi connectivity index (χ4n) is 3.90. The van der Waals surface area contributed by atoms with Crippen molar-refractivity contribution in [1.29, 1.82) is 0 Å². The average molecular weight is 281 g/mol. The second-order valence-corrected chi connectivity index (χ2v) is 7.44. The van der Waals surface area contributed by atoms with Gasteiger partial charge in [-0.2, -0.15) is 0 Å². The number of nitrogens with zero attached hydrogens (tertiary/aromatic N) is 1. The number of piperazine rings is 1. The molecule has 0 amide bonds. The number of unbranched alkanes of at least 4 members (excludes halogenated alkanes) is 1. The third kappa shape index (κ3) is 3.76. The minimum absolute atomic E-state index is 0.436. The van der Waals surface area contributed by atoms with E-state index in [1.165, 1.54) is 64.6 Å². The molecule has 0 spiro atoms. The molecule has 1 saturated heterocycles. The maximum atomic E-state index is 3.80. The van der Waals surface area contributed by atoms with Crippen molar-refractivity contribution >= 4 is 0 Å². The zero-order valence-corrected chi connectivity index (χ0v) is 14.3. The van der Waals surface area contributed by atoms with Crippen molar-refractivity contribution in [2.45, 2.75) is 84.2 Å². The van der Waals surface area contributed by atoms with Crippen molar-refractivity contribution in [2.75, 3.05) is 19.6 Å². The maximum absolute atomic E-state index is 3.80. The van der Waals surface area contributed by atoms with Crippen LogP contribution in [-0.2, 0) is 0 Å². The van der Waals surface area contributed by atoms with Gasteiger partial charge >= 0.3 is 0 Å². The van der Waals surface area contributed by atoms with Gasteiger partial charge in [0.1, 0.15) is 0 Å². The molecule has 3 atom stereocenters. The van der Waals surface area contributed by atoms with Gasteiger partial charge in [0, 0.05) is 31.2 Å². The summed E-state index contributed by atoms with van der Waals surface area (Å²) in [5, 5.41) is 3.80. The molecule has 1 aliphatic carbocycles. The second-order valence-electron chi connectivity index (χ2n) is 7.44. The monoisotopic (exact) mass is 280 g/mol. The lowest BCUT2D eigenvalue weighted by Crippen LogP contribution is -2.65. The normalized spacial score (nSPS) is 33.3. The van der Waals surface area contributed by atoms with Crippen molar-refractivity contribution < 1.29 is 0 Å². The molecule has 0 radical (unpaired) electrons. The predicted molar refractivity (Wildman–Crippen MR) is 88.1 cm³/mol. The van der Waals surface area contributed by atoms with E-state index >= 15 is 0 Å². The summed E-state index contributed by atoms with van der Waals surface area (Å²) >= 11 is 0. The molecule has 2 fully saturated rings. The molecule has 3 unspecified atom stereocenters. The smallest absolute Gasteiger partial charge is 0.0334 e. The van der Waals surface area contributed by atoms with Gasteiger partial charge in [0.05, 0.1) is 0 Å². The zero-order valence-electron chi connectivity index (χ0n) is 14.3. The van der Waals surface area contributed by atoms with E-state index in [1.54, 1.807) is 0 Å². The summed E-state index contributed by atoms with van der Waals surface area (Å²) in [4.78, 5) is 2.87. The molecule has 1 N–H and O–H groups in total. The fraction of sp³-hybridized carbons (Fsp3) is 1.00. The lowest BCUT2D eigenvalue weighted by atomic mass is 9.87. The molecule has 1 saturated carbocycles. The maximum Gasteiger partial charge on any atom is 0.0334 e. The van der Waals surface area contributed by atoms with Gasteiger partial charge in [-0.1, -0.05) is 40.0 Å². The van der Waals surface area contributed by atoms with E-state index in [2.05, 4.69) is 37.9 Å². The van der Waals surface area contributed by atoms with Crippen LogP contribution < -0.4 is 5.32 Å². The van der Waals surface area contributed by atoms with Gasteiger partial charge < -0.3 is 5.32 Å². The Balaban J connectivity index is 1.98. The fourth-order valence-corrected chi connectivity index (χ4v) is 3.90. The molecular formula is C18H36N2. The van der Waals surface area contributed by atoms with Crippen molar-refractivity contribution in [3.63, 3.8) is 0 Å². The van der Waals surface area contributed by atoms with Gasteiger partial charge in [0.2, 0.25) is 0 Å². The lowest BCUT2D eigenvalue weighted by Gasteiger charge is -2.50. The van der Waals surface area contributed by atoms with Crippen LogP contribution >= 0.6 is 0 Å². The highest BCUT2D eigenvalue weighted by molar-refractivity contribution is 5.05. The summed E-state index contributed by atoms with van der Waals surface area (Å²) in [6, 6.07) is 0.713. The summed E-state index contributed by atoms with van der Waals surface area (Å²) in [5.74, 6) is 1.86. The van der Waals surface area contributed by atoms with Gasteiger partial charge in [-0.15, -0.1) is 0 Å². The van der Waals surface area contributed by atoms with Crippen LogP contribution in [0.25, 0.3) is 0 Å². The molecule has 2 nitrogen and oxygen atoms in total. The van der Waals surface area contributed by atoms with E-state index in [0.717, 1.165) is 11.8 Å². The zero-order chi connectivity index (χ0) is 14.6. The van der Waals surface area contributed by atoms with Gasteiger partial charge in [-0.05, 0) is 44.4 Å². The van der Waals surface area contributed by atoms with Gasteiger partial charge in [0.25, 0.3) is 0 Å². The molecule has 2 aliphatic rings. The topological polar surface area (TPSA) is 15.3 Å². The van der Waals surface area contributed by atoms with Crippen LogP contribution in [-0.4, -0.2) is 36.1 Å². The van der Waals surface area contributed by atoms with E-state index in [1.807, 2.05) is 0 Å². The minimum atomic E-state index is 0.436. The molecule has 2 rings (SSSR count). The Morgan fingerprint density at radius 2 is 2.00 bits per heavy atom. The standard InChI is InChI=1S/C18H36N2/c1-5-8-9-15(6-2)12-20-13-17(7-3)19-14-18(20,4)16-10-11-16/h15-17,19H,5-14H2,1-4H3. The molecule has 0 aromatic carbocycles. The van der Waals surface area contributed by atoms with Crippen molar-refractivity contribution in [3.05, 3.63) is 0 Å². The van der Waals surface area contributed by atoms with E-state index in [9.17, 15) is 0 Å². The van der Waals surface area contributed by atoms with E-state index < -0.39 is 0 Å². The average Bonchev–Trinajstić information content (AvgIpc) is 3.30. The Labute approximate surface area is 126 Å². The second kappa shape index (κ2) is 7.26. The highest BCUT2D eigenvalue weighted by Gasteiger charge is 2.48. The number of nitrogens with one attached hydrogen (secondary N) is 1. The quantitative estimate of drug-likeness (QED) is 0.721. The van der Waals surface area contributed by atoms with Crippen LogP contribution in [0.2, 0.25) is 0 Å². The highest BCUT2D eigenvalue weighted by atomic mass is 15.3. The largest absolute Gasteiger partial charge is 0.311 e. The predicted octanol–water partition coefficient (Wildman–Crippen LogP) is 4.06. The summed E-state index contributed by atoms with van der Waals surface area (Å²) in [6.45, 7) is 13.4. The number of hydrogen-bond acceptors (Lipinski definition) is 2. The van der Waals surface area contributed by atoms with E-state index in [4.69, 9.17) is 0 Å². The molecule has 118 valence electrons. The first-order valence-corrected chi connectivity index (χ1v) is 9.12. The molecule has 0 bridgehead atoms. The van der Waals surface area contributed by atoms with Gasteiger partial charge in [-0.25, -0.2) is 0 Å².